The zero-order valence-electron chi connectivity index (χ0n) is 15.9. The number of carboxylic acid groups (broad SMARTS) is 1. The SMILES string of the molecule is CCCCC(C(=O)O)c1ccc2[nH]c(CNC(=O)OC(C)(C)C)cc2c1. The maximum atomic E-state index is 11.8. The number of carboxylic acids is 1. The van der Waals surface area contributed by atoms with Gasteiger partial charge in [-0.1, -0.05) is 25.8 Å². The normalized spacial score (nSPS) is 12.8. The Bertz CT molecular complexity index is 774. The molecule has 1 aromatic heterocycles. The van der Waals surface area contributed by atoms with Gasteiger partial charge >= 0.3 is 12.1 Å². The first-order chi connectivity index (χ1) is 12.2. The fourth-order valence-electron chi connectivity index (χ4n) is 2.85. The Balaban J connectivity index is 2.11. The number of hydrogen-bond donors (Lipinski definition) is 3. The number of benzene rings is 1. The third-order valence-corrected chi connectivity index (χ3v) is 4.07. The minimum atomic E-state index is -0.792. The van der Waals surface area contributed by atoms with Crippen LogP contribution in [-0.2, 0) is 16.1 Å². The van der Waals surface area contributed by atoms with Gasteiger partial charge < -0.3 is 20.1 Å². The molecule has 3 N–H and O–H groups in total. The van der Waals surface area contributed by atoms with Crippen LogP contribution in [0.2, 0.25) is 0 Å². The highest BCUT2D eigenvalue weighted by Crippen LogP contribution is 2.26. The number of unbranched alkanes of at least 4 members (excludes halogenated alkanes) is 1. The van der Waals surface area contributed by atoms with Gasteiger partial charge in [-0.05, 0) is 51.0 Å². The van der Waals surface area contributed by atoms with Crippen molar-refractivity contribution in [2.75, 3.05) is 0 Å². The topological polar surface area (TPSA) is 91.4 Å². The third-order valence-electron chi connectivity index (χ3n) is 4.07. The summed E-state index contributed by atoms with van der Waals surface area (Å²) in [7, 11) is 0. The minimum Gasteiger partial charge on any atom is -0.481 e. The standard InChI is InChI=1S/C20H28N2O4/c1-5-6-7-16(18(23)24)13-8-9-17-14(10-13)11-15(22-17)12-21-19(25)26-20(2,3)4/h8-11,16,22H,5-7,12H2,1-4H3,(H,21,25)(H,23,24). The number of aromatic nitrogens is 1. The van der Waals surface area contributed by atoms with Crippen LogP contribution in [0.25, 0.3) is 10.9 Å². The number of fused-ring (bicyclic) bond motifs is 1. The highest BCUT2D eigenvalue weighted by Gasteiger charge is 2.20. The molecule has 1 amide bonds. The average Bonchev–Trinajstić information content (AvgIpc) is 2.93. The van der Waals surface area contributed by atoms with Crippen LogP contribution in [0, 0.1) is 0 Å². The van der Waals surface area contributed by atoms with Gasteiger partial charge in [-0.25, -0.2) is 4.79 Å². The van der Waals surface area contributed by atoms with Crippen LogP contribution in [0.15, 0.2) is 24.3 Å². The molecule has 1 heterocycles. The van der Waals surface area contributed by atoms with Crippen LogP contribution in [0.1, 0.15) is 64.1 Å². The molecule has 1 unspecified atom stereocenters. The third kappa shape index (κ3) is 5.51. The number of aromatic amines is 1. The van der Waals surface area contributed by atoms with Crippen molar-refractivity contribution in [3.63, 3.8) is 0 Å². The van der Waals surface area contributed by atoms with Gasteiger partial charge in [0.1, 0.15) is 5.60 Å². The molecular weight excluding hydrogens is 332 g/mol. The van der Waals surface area contributed by atoms with Crippen molar-refractivity contribution in [3.05, 3.63) is 35.5 Å². The lowest BCUT2D eigenvalue weighted by molar-refractivity contribution is -0.139. The Hall–Kier alpha value is -2.50. The molecule has 0 aliphatic carbocycles. The van der Waals surface area contributed by atoms with Crippen molar-refractivity contribution >= 4 is 23.0 Å². The summed E-state index contributed by atoms with van der Waals surface area (Å²) in [6.45, 7) is 7.81. The van der Waals surface area contributed by atoms with Gasteiger partial charge in [0, 0.05) is 16.6 Å². The zero-order valence-corrected chi connectivity index (χ0v) is 15.9. The predicted octanol–water partition coefficient (Wildman–Crippen LogP) is 4.55. The number of alkyl carbamates (subject to hydrolysis) is 1. The van der Waals surface area contributed by atoms with E-state index in [9.17, 15) is 14.7 Å². The Labute approximate surface area is 153 Å². The van der Waals surface area contributed by atoms with E-state index in [4.69, 9.17) is 4.74 Å². The van der Waals surface area contributed by atoms with E-state index in [2.05, 4.69) is 17.2 Å². The lowest BCUT2D eigenvalue weighted by Crippen LogP contribution is -2.32. The van der Waals surface area contributed by atoms with Crippen LogP contribution in [-0.4, -0.2) is 27.8 Å². The van der Waals surface area contributed by atoms with E-state index in [-0.39, 0.29) is 0 Å². The number of ether oxygens (including phenoxy) is 1. The van der Waals surface area contributed by atoms with Gasteiger partial charge in [0.25, 0.3) is 0 Å². The molecule has 0 radical (unpaired) electrons. The molecule has 0 spiro atoms. The molecule has 2 aromatic rings. The number of amides is 1. The van der Waals surface area contributed by atoms with Crippen molar-refractivity contribution in [3.8, 4) is 0 Å². The van der Waals surface area contributed by atoms with Crippen LogP contribution in [0.4, 0.5) is 4.79 Å². The molecule has 6 nitrogen and oxygen atoms in total. The van der Waals surface area contributed by atoms with Crippen LogP contribution < -0.4 is 5.32 Å². The number of rotatable bonds is 7. The summed E-state index contributed by atoms with van der Waals surface area (Å²) in [6.07, 6.45) is 2.01. The van der Waals surface area contributed by atoms with E-state index < -0.39 is 23.6 Å². The van der Waals surface area contributed by atoms with E-state index in [0.717, 1.165) is 35.0 Å². The lowest BCUT2D eigenvalue weighted by atomic mass is 9.93. The number of carbonyl (C=O) groups is 2. The first kappa shape index (κ1) is 19.8. The van der Waals surface area contributed by atoms with E-state index in [1.807, 2.05) is 45.0 Å². The fourth-order valence-corrected chi connectivity index (χ4v) is 2.85. The average molecular weight is 360 g/mol. The number of H-pyrrole nitrogens is 1. The fraction of sp³-hybridized carbons (Fsp3) is 0.500. The maximum absolute atomic E-state index is 11.8. The summed E-state index contributed by atoms with van der Waals surface area (Å²) >= 11 is 0. The van der Waals surface area contributed by atoms with E-state index in [0.29, 0.717) is 13.0 Å². The lowest BCUT2D eigenvalue weighted by Gasteiger charge is -2.19. The zero-order chi connectivity index (χ0) is 19.3. The summed E-state index contributed by atoms with van der Waals surface area (Å²) in [5, 5.41) is 13.1. The first-order valence-corrected chi connectivity index (χ1v) is 9.01. The van der Waals surface area contributed by atoms with Gasteiger partial charge in [0.15, 0.2) is 0 Å². The molecule has 1 atom stereocenters. The quantitative estimate of drug-likeness (QED) is 0.675. The van der Waals surface area contributed by atoms with E-state index >= 15 is 0 Å². The summed E-state index contributed by atoms with van der Waals surface area (Å²) in [5.74, 6) is -1.28. The van der Waals surface area contributed by atoms with Crippen molar-refractivity contribution in [1.29, 1.82) is 0 Å². The van der Waals surface area contributed by atoms with Crippen LogP contribution in [0.5, 0.6) is 0 Å². The van der Waals surface area contributed by atoms with Crippen LogP contribution >= 0.6 is 0 Å². The molecule has 26 heavy (non-hydrogen) atoms. The van der Waals surface area contributed by atoms with Gasteiger partial charge in [0.05, 0.1) is 12.5 Å². The Morgan fingerprint density at radius 2 is 2.00 bits per heavy atom. The molecule has 0 aliphatic heterocycles. The van der Waals surface area contributed by atoms with Gasteiger partial charge in [0.2, 0.25) is 0 Å². The number of aliphatic carboxylic acids is 1. The molecule has 2 rings (SSSR count). The smallest absolute Gasteiger partial charge is 0.407 e. The van der Waals surface area contributed by atoms with Gasteiger partial charge in [-0.15, -0.1) is 0 Å². The van der Waals surface area contributed by atoms with Crippen molar-refractivity contribution < 1.29 is 19.4 Å². The van der Waals surface area contributed by atoms with Gasteiger partial charge in [-0.3, -0.25) is 4.79 Å². The summed E-state index contributed by atoms with van der Waals surface area (Å²) < 4.78 is 5.22. The molecule has 142 valence electrons. The Morgan fingerprint density at radius 3 is 2.62 bits per heavy atom. The van der Waals surface area contributed by atoms with Gasteiger partial charge in [-0.2, -0.15) is 0 Å². The molecule has 0 saturated carbocycles. The van der Waals surface area contributed by atoms with E-state index in [1.165, 1.54) is 0 Å². The second-order valence-corrected chi connectivity index (χ2v) is 7.53. The van der Waals surface area contributed by atoms with E-state index in [1.54, 1.807) is 0 Å². The molecule has 0 saturated heterocycles. The molecular formula is C20H28N2O4. The number of carbonyl (C=O) groups excluding carboxylic acids is 1. The summed E-state index contributed by atoms with van der Waals surface area (Å²) in [6, 6.07) is 7.59. The first-order valence-electron chi connectivity index (χ1n) is 9.01. The second-order valence-electron chi connectivity index (χ2n) is 7.53. The predicted molar refractivity (Wildman–Crippen MR) is 101 cm³/mol. The number of nitrogens with one attached hydrogen (secondary N) is 2. The molecule has 1 aromatic carbocycles. The highest BCUT2D eigenvalue weighted by molar-refractivity contribution is 5.84. The van der Waals surface area contributed by atoms with Crippen LogP contribution in [0.3, 0.4) is 0 Å². The molecule has 0 aliphatic rings. The van der Waals surface area contributed by atoms with Crippen molar-refractivity contribution in [2.45, 2.75) is 65.0 Å². The summed E-state index contributed by atoms with van der Waals surface area (Å²) in [4.78, 5) is 26.6. The second kappa shape index (κ2) is 8.25. The van der Waals surface area contributed by atoms with Crippen molar-refractivity contribution in [2.24, 2.45) is 0 Å². The maximum Gasteiger partial charge on any atom is 0.407 e. The largest absolute Gasteiger partial charge is 0.481 e. The molecule has 0 fully saturated rings. The number of hydrogen-bond acceptors (Lipinski definition) is 3. The Kier molecular flexibility index (Phi) is 6.29. The summed E-state index contributed by atoms with van der Waals surface area (Å²) in [5.41, 5.74) is 2.02. The minimum absolute atomic E-state index is 0.317. The highest BCUT2D eigenvalue weighted by atomic mass is 16.6. The monoisotopic (exact) mass is 360 g/mol. The molecule has 0 bridgehead atoms. The molecule has 6 heteroatoms. The Morgan fingerprint density at radius 1 is 1.27 bits per heavy atom. The van der Waals surface area contributed by atoms with Crippen molar-refractivity contribution in [1.82, 2.24) is 10.3 Å².